The Morgan fingerprint density at radius 3 is 2.67 bits per heavy atom. The average molecular weight is 139 g/mol. The van der Waals surface area contributed by atoms with E-state index in [2.05, 4.69) is 6.58 Å². The van der Waals surface area contributed by atoms with Gasteiger partial charge in [0.25, 0.3) is 0 Å². The van der Waals surface area contributed by atoms with Gasteiger partial charge in [-0.25, -0.2) is 0 Å². The molecule has 0 heterocycles. The predicted molar refractivity (Wildman–Crippen MR) is 34.2 cm³/mol. The molecule has 0 aromatic heterocycles. The Morgan fingerprint density at radius 1 is 1.83 bits per heavy atom. The molecule has 0 N–H and O–H groups in total. The van der Waals surface area contributed by atoms with Crippen molar-refractivity contribution in [2.24, 2.45) is 0 Å². The second kappa shape index (κ2) is 5.42. The van der Waals surface area contributed by atoms with Gasteiger partial charge in [0.15, 0.2) is 9.76 Å². The second-order valence-corrected chi connectivity index (χ2v) is 4.19. The highest BCUT2D eigenvalue weighted by Crippen LogP contribution is 1.69. The molecular weight excluding hydrogens is 132 g/mol. The third-order valence-electron chi connectivity index (χ3n) is 0.313. The minimum absolute atomic E-state index is 0.385. The molecule has 0 fully saturated rings. The molecule has 0 aromatic rings. The van der Waals surface area contributed by atoms with E-state index < -0.39 is 9.07 Å². The molecule has 0 radical (unpaired) electrons. The fourth-order valence-electron chi connectivity index (χ4n) is 0.128. The molecule has 0 aromatic carbocycles. The lowest BCUT2D eigenvalue weighted by Gasteiger charge is -1.85. The maximum absolute atomic E-state index is 5.28. The topological polar surface area (TPSA) is 9.23 Å². The molecule has 1 nitrogen and oxygen atoms in total. The van der Waals surface area contributed by atoms with Gasteiger partial charge in [0.1, 0.15) is 0 Å². The van der Waals surface area contributed by atoms with Crippen LogP contribution in [-0.4, -0.2) is 18.8 Å². The van der Waals surface area contributed by atoms with Crippen molar-refractivity contribution in [3.8, 4) is 0 Å². The minimum atomic E-state index is -0.634. The van der Waals surface area contributed by atoms with Crippen LogP contribution in [0.15, 0.2) is 12.3 Å². The van der Waals surface area contributed by atoms with Gasteiger partial charge in [-0.15, -0.1) is 17.7 Å². The van der Waals surface area contributed by atoms with Crippen molar-refractivity contribution in [3.63, 3.8) is 0 Å². The first-order chi connectivity index (χ1) is 2.91. The van der Waals surface area contributed by atoms with Crippen LogP contribution in [0.1, 0.15) is 0 Å². The lowest BCUT2D eigenvalue weighted by Crippen LogP contribution is -1.93. The molecule has 0 rings (SSSR count). The van der Waals surface area contributed by atoms with E-state index in [1.807, 2.05) is 5.70 Å². The Bertz CT molecular complexity index is 40.5. The molecule has 0 aliphatic heterocycles. The van der Waals surface area contributed by atoms with Crippen LogP contribution in [0.5, 0.6) is 0 Å². The Hall–Kier alpha value is 0.424. The van der Waals surface area contributed by atoms with Crippen LogP contribution in [0.2, 0.25) is 0 Å². The van der Waals surface area contributed by atoms with Crippen molar-refractivity contribution in [1.82, 2.24) is 0 Å². The zero-order valence-electron chi connectivity index (χ0n) is 3.48. The lowest BCUT2D eigenvalue weighted by molar-refractivity contribution is 0.669. The fraction of sp³-hybridized carbons (Fsp3) is 0. The van der Waals surface area contributed by atoms with Gasteiger partial charge in [0, 0.05) is 0 Å². The molecule has 0 aliphatic rings. The second-order valence-electron chi connectivity index (χ2n) is 0.769. The van der Waals surface area contributed by atoms with Crippen LogP contribution < -0.4 is 0 Å². The van der Waals surface area contributed by atoms with Gasteiger partial charge in [-0.1, -0.05) is 5.70 Å². The summed E-state index contributed by atoms with van der Waals surface area (Å²) in [6.07, 6.45) is 0. The summed E-state index contributed by atoms with van der Waals surface area (Å²) in [7, 11) is -1.02. The largest absolute Gasteiger partial charge is 0.451 e. The lowest BCUT2D eigenvalue weighted by atomic mass is 11.3. The van der Waals surface area contributed by atoms with Gasteiger partial charge in [0.05, 0.1) is 0 Å². The quantitative estimate of drug-likeness (QED) is 0.290. The Kier molecular flexibility index (Phi) is 5.81. The van der Waals surface area contributed by atoms with E-state index in [1.54, 1.807) is 0 Å². The van der Waals surface area contributed by atoms with Crippen molar-refractivity contribution in [2.75, 3.05) is 0 Å². The molecular formula is C2H7ClOSi2. The monoisotopic (exact) mass is 138 g/mol. The number of halogens is 1. The molecule has 0 bridgehead atoms. The van der Waals surface area contributed by atoms with Gasteiger partial charge in [0.2, 0.25) is 9.07 Å². The SMILES string of the molecule is C=C[SiH2]O[SiH2]Cl. The highest BCUT2D eigenvalue weighted by molar-refractivity contribution is 6.91. The molecule has 0 saturated heterocycles. The van der Waals surface area contributed by atoms with Crippen LogP contribution in [0.25, 0.3) is 0 Å². The zero-order chi connectivity index (χ0) is 4.83. The van der Waals surface area contributed by atoms with Crippen molar-refractivity contribution in [3.05, 3.63) is 12.3 Å². The molecule has 0 unspecified atom stereocenters. The number of hydrogen-bond acceptors (Lipinski definition) is 1. The maximum atomic E-state index is 5.28. The smallest absolute Gasteiger partial charge is 0.247 e. The molecule has 4 heteroatoms. The summed E-state index contributed by atoms with van der Waals surface area (Å²) in [6.45, 7) is 3.50. The molecule has 6 heavy (non-hydrogen) atoms. The summed E-state index contributed by atoms with van der Waals surface area (Å²) in [5, 5.41) is 0. The van der Waals surface area contributed by atoms with Gasteiger partial charge < -0.3 is 4.12 Å². The predicted octanol–water partition coefficient (Wildman–Crippen LogP) is -0.532. The minimum Gasteiger partial charge on any atom is -0.451 e. The van der Waals surface area contributed by atoms with E-state index in [0.29, 0.717) is 0 Å². The van der Waals surface area contributed by atoms with Crippen molar-refractivity contribution in [1.29, 1.82) is 0 Å². The van der Waals surface area contributed by atoms with Gasteiger partial charge >= 0.3 is 0 Å². The van der Waals surface area contributed by atoms with Crippen LogP contribution in [-0.2, 0) is 4.12 Å². The van der Waals surface area contributed by atoms with Gasteiger partial charge in [-0.05, 0) is 0 Å². The fourth-order valence-corrected chi connectivity index (χ4v) is 1.95. The first-order valence-corrected chi connectivity index (χ1v) is 5.77. The van der Waals surface area contributed by atoms with Gasteiger partial charge in [-0.2, -0.15) is 0 Å². The van der Waals surface area contributed by atoms with E-state index in [0.717, 1.165) is 0 Å². The normalized spacial score (nSPS) is 12.2. The Labute approximate surface area is 46.9 Å². The first-order valence-electron chi connectivity index (χ1n) is 1.66. The molecule has 0 saturated carbocycles. The van der Waals surface area contributed by atoms with Crippen molar-refractivity contribution < 1.29 is 4.12 Å². The molecule has 0 atom stereocenters. The standard InChI is InChI=1S/C2H7ClOSi2/c1-2-5-4-6-3/h2H,1,5-6H2. The number of hydrogen-bond donors (Lipinski definition) is 0. The highest BCUT2D eigenvalue weighted by atomic mass is 35.6. The summed E-state index contributed by atoms with van der Waals surface area (Å²) >= 11 is 5.28. The highest BCUT2D eigenvalue weighted by Gasteiger charge is 1.73. The van der Waals surface area contributed by atoms with E-state index in [1.165, 1.54) is 0 Å². The van der Waals surface area contributed by atoms with E-state index >= 15 is 0 Å². The third-order valence-corrected chi connectivity index (χ3v) is 3.50. The third kappa shape index (κ3) is 4.42. The Balaban J connectivity index is 2.49. The summed E-state index contributed by atoms with van der Waals surface area (Å²) in [6, 6.07) is 0. The van der Waals surface area contributed by atoms with Crippen LogP contribution >= 0.6 is 11.1 Å². The average Bonchev–Trinajstić information content (AvgIpc) is 1.61. The molecule has 36 valence electrons. The summed E-state index contributed by atoms with van der Waals surface area (Å²) in [4.78, 5) is 0. The van der Waals surface area contributed by atoms with Crippen molar-refractivity contribution in [2.45, 2.75) is 0 Å². The maximum Gasteiger partial charge on any atom is 0.247 e. The van der Waals surface area contributed by atoms with Crippen LogP contribution in [0.3, 0.4) is 0 Å². The van der Waals surface area contributed by atoms with Crippen LogP contribution in [0, 0.1) is 0 Å². The van der Waals surface area contributed by atoms with E-state index in [4.69, 9.17) is 15.2 Å². The number of rotatable bonds is 3. The molecule has 0 amide bonds. The van der Waals surface area contributed by atoms with E-state index in [9.17, 15) is 0 Å². The summed E-state index contributed by atoms with van der Waals surface area (Å²) in [5.41, 5.74) is 1.83. The molecule has 0 aliphatic carbocycles. The summed E-state index contributed by atoms with van der Waals surface area (Å²) in [5.74, 6) is 0. The zero-order valence-corrected chi connectivity index (χ0v) is 7.07. The first kappa shape index (κ1) is 6.42. The summed E-state index contributed by atoms with van der Waals surface area (Å²) < 4.78 is 4.91. The van der Waals surface area contributed by atoms with Gasteiger partial charge in [-0.3, -0.25) is 0 Å². The molecule has 0 spiro atoms. The van der Waals surface area contributed by atoms with Crippen LogP contribution in [0.4, 0.5) is 0 Å². The van der Waals surface area contributed by atoms with Crippen molar-refractivity contribution >= 4 is 29.9 Å². The Morgan fingerprint density at radius 2 is 2.50 bits per heavy atom. The van der Waals surface area contributed by atoms with E-state index in [-0.39, 0.29) is 9.76 Å².